The van der Waals surface area contributed by atoms with E-state index in [0.717, 1.165) is 45.8 Å². The monoisotopic (exact) mass is 420 g/mol. The topological polar surface area (TPSA) is 43.3 Å². The van der Waals surface area contributed by atoms with Crippen LogP contribution in [0.5, 0.6) is 11.5 Å². The number of ether oxygens (including phenoxy) is 3. The van der Waals surface area contributed by atoms with Crippen LogP contribution in [0, 0.1) is 0 Å². The molecular formula is C24H24N2O3S. The molecule has 2 aromatic rings. The predicted molar refractivity (Wildman–Crippen MR) is 121 cm³/mol. The van der Waals surface area contributed by atoms with Crippen molar-refractivity contribution in [2.75, 3.05) is 39.7 Å². The zero-order valence-electron chi connectivity index (χ0n) is 17.1. The second-order valence-corrected chi connectivity index (χ2v) is 8.48. The van der Waals surface area contributed by atoms with Crippen molar-refractivity contribution in [3.63, 3.8) is 0 Å². The fourth-order valence-electron chi connectivity index (χ4n) is 4.18. The Kier molecular flexibility index (Phi) is 5.27. The first-order valence-corrected chi connectivity index (χ1v) is 11.0. The molecule has 2 aromatic carbocycles. The standard InChI is InChI=1S/C24H24N2O3S/c1-27-19-7-3-16(4-8-19)13-18-14-29-15-21-22(18)25-24-26(11-12-30-24)23(21)17-5-9-20(28-2)10-6-17/h3-10,13,23H,11-12,14-15H2,1-2H3/b18-13-. The van der Waals surface area contributed by atoms with Gasteiger partial charge in [0.25, 0.3) is 0 Å². The van der Waals surface area contributed by atoms with E-state index in [1.54, 1.807) is 14.2 Å². The highest BCUT2D eigenvalue weighted by Gasteiger charge is 2.38. The number of methoxy groups -OCH3 is 2. The van der Waals surface area contributed by atoms with Crippen molar-refractivity contribution < 1.29 is 14.2 Å². The number of hydrogen-bond acceptors (Lipinski definition) is 6. The van der Waals surface area contributed by atoms with Crippen molar-refractivity contribution in [2.45, 2.75) is 6.04 Å². The van der Waals surface area contributed by atoms with E-state index in [9.17, 15) is 0 Å². The fourth-order valence-corrected chi connectivity index (χ4v) is 5.17. The van der Waals surface area contributed by atoms with Crippen molar-refractivity contribution in [2.24, 2.45) is 4.99 Å². The molecule has 5 rings (SSSR count). The second-order valence-electron chi connectivity index (χ2n) is 7.42. The highest BCUT2D eigenvalue weighted by molar-refractivity contribution is 8.14. The van der Waals surface area contributed by atoms with Crippen LogP contribution in [-0.4, -0.2) is 49.8 Å². The second kappa shape index (κ2) is 8.20. The number of aliphatic imine (C=N–C) groups is 1. The van der Waals surface area contributed by atoms with Crippen molar-refractivity contribution in [3.8, 4) is 11.5 Å². The maximum atomic E-state index is 6.04. The first-order chi connectivity index (χ1) is 14.8. The molecule has 1 atom stereocenters. The molecule has 1 fully saturated rings. The molecule has 1 unspecified atom stereocenters. The van der Waals surface area contributed by atoms with E-state index < -0.39 is 0 Å². The van der Waals surface area contributed by atoms with Gasteiger partial charge in [-0.25, -0.2) is 4.99 Å². The first kappa shape index (κ1) is 19.3. The van der Waals surface area contributed by atoms with Gasteiger partial charge in [-0.1, -0.05) is 36.0 Å². The largest absolute Gasteiger partial charge is 0.497 e. The number of nitrogens with zero attached hydrogens (tertiary/aromatic N) is 2. The summed E-state index contributed by atoms with van der Waals surface area (Å²) in [5.74, 6) is 2.78. The molecule has 0 saturated carbocycles. The van der Waals surface area contributed by atoms with Crippen molar-refractivity contribution >= 4 is 23.0 Å². The minimum atomic E-state index is 0.146. The van der Waals surface area contributed by atoms with Gasteiger partial charge in [-0.15, -0.1) is 0 Å². The summed E-state index contributed by atoms with van der Waals surface area (Å²) < 4.78 is 16.7. The third kappa shape index (κ3) is 3.50. The minimum absolute atomic E-state index is 0.146. The van der Waals surface area contributed by atoms with Gasteiger partial charge in [-0.3, -0.25) is 0 Å². The summed E-state index contributed by atoms with van der Waals surface area (Å²) in [6.45, 7) is 2.17. The third-order valence-electron chi connectivity index (χ3n) is 5.67. The molecule has 6 heteroatoms. The normalized spacial score (nSPS) is 21.9. The van der Waals surface area contributed by atoms with Crippen LogP contribution in [0.4, 0.5) is 0 Å². The number of benzene rings is 2. The van der Waals surface area contributed by atoms with Crippen LogP contribution in [0.3, 0.4) is 0 Å². The molecule has 3 heterocycles. The maximum Gasteiger partial charge on any atom is 0.165 e. The van der Waals surface area contributed by atoms with Gasteiger partial charge in [-0.2, -0.15) is 0 Å². The molecule has 0 radical (unpaired) electrons. The van der Waals surface area contributed by atoms with Gasteiger partial charge in [0.2, 0.25) is 0 Å². The van der Waals surface area contributed by atoms with Crippen molar-refractivity contribution in [1.29, 1.82) is 0 Å². The van der Waals surface area contributed by atoms with Crippen molar-refractivity contribution in [3.05, 3.63) is 76.5 Å². The summed E-state index contributed by atoms with van der Waals surface area (Å²) in [4.78, 5) is 7.48. The summed E-state index contributed by atoms with van der Waals surface area (Å²) in [7, 11) is 3.38. The average Bonchev–Trinajstić information content (AvgIpc) is 3.27. The van der Waals surface area contributed by atoms with Crippen molar-refractivity contribution in [1.82, 2.24) is 4.90 Å². The Morgan fingerprint density at radius 2 is 1.70 bits per heavy atom. The lowest BCUT2D eigenvalue weighted by Crippen LogP contribution is -2.37. The molecule has 3 aliphatic heterocycles. The molecule has 0 spiro atoms. The molecule has 154 valence electrons. The molecule has 0 bridgehead atoms. The SMILES string of the molecule is COc1ccc(/C=C2/COCC3=C2N=C2SCCN2C3c2ccc(OC)cc2)cc1. The summed E-state index contributed by atoms with van der Waals surface area (Å²) in [5, 5.41) is 1.11. The van der Waals surface area contributed by atoms with E-state index in [4.69, 9.17) is 19.2 Å². The zero-order valence-corrected chi connectivity index (χ0v) is 17.9. The Bertz CT molecular complexity index is 1030. The fraction of sp³-hybridized carbons (Fsp3) is 0.292. The van der Waals surface area contributed by atoms with Crippen LogP contribution in [0.25, 0.3) is 6.08 Å². The Morgan fingerprint density at radius 3 is 2.40 bits per heavy atom. The number of hydrogen-bond donors (Lipinski definition) is 0. The Balaban J connectivity index is 1.57. The predicted octanol–water partition coefficient (Wildman–Crippen LogP) is 4.53. The third-order valence-corrected chi connectivity index (χ3v) is 6.64. The Morgan fingerprint density at radius 1 is 1.00 bits per heavy atom. The average molecular weight is 421 g/mol. The molecular weight excluding hydrogens is 396 g/mol. The lowest BCUT2D eigenvalue weighted by atomic mass is 9.91. The molecule has 1 saturated heterocycles. The number of fused-ring (bicyclic) bond motifs is 1. The van der Waals surface area contributed by atoms with E-state index in [1.807, 2.05) is 36.0 Å². The van der Waals surface area contributed by atoms with E-state index in [-0.39, 0.29) is 6.04 Å². The van der Waals surface area contributed by atoms with Gasteiger partial charge >= 0.3 is 0 Å². The maximum absolute atomic E-state index is 6.04. The van der Waals surface area contributed by atoms with Crippen LogP contribution >= 0.6 is 11.8 Å². The Hall–Kier alpha value is -2.70. The minimum Gasteiger partial charge on any atom is -0.497 e. The molecule has 0 aliphatic carbocycles. The van der Waals surface area contributed by atoms with E-state index in [2.05, 4.69) is 35.2 Å². The summed E-state index contributed by atoms with van der Waals surface area (Å²) in [6, 6.07) is 16.6. The molecule has 30 heavy (non-hydrogen) atoms. The zero-order chi connectivity index (χ0) is 20.5. The quantitative estimate of drug-likeness (QED) is 0.727. The summed E-state index contributed by atoms with van der Waals surface area (Å²) >= 11 is 1.83. The summed E-state index contributed by atoms with van der Waals surface area (Å²) in [6.07, 6.45) is 2.18. The highest BCUT2D eigenvalue weighted by atomic mass is 32.2. The molecule has 3 aliphatic rings. The molecule has 0 aromatic heterocycles. The Labute approximate surface area is 181 Å². The number of amidine groups is 1. The first-order valence-electron chi connectivity index (χ1n) is 10.0. The van der Waals surface area contributed by atoms with Gasteiger partial charge in [0, 0.05) is 23.4 Å². The van der Waals surface area contributed by atoms with Gasteiger partial charge in [-0.05, 0) is 41.5 Å². The van der Waals surface area contributed by atoms with Gasteiger partial charge < -0.3 is 19.1 Å². The molecule has 0 amide bonds. The summed E-state index contributed by atoms with van der Waals surface area (Å²) in [5.41, 5.74) is 5.80. The van der Waals surface area contributed by atoms with Crippen LogP contribution < -0.4 is 9.47 Å². The molecule has 5 nitrogen and oxygen atoms in total. The lowest BCUT2D eigenvalue weighted by Gasteiger charge is -2.38. The van der Waals surface area contributed by atoms with Gasteiger partial charge in [0.1, 0.15) is 11.5 Å². The van der Waals surface area contributed by atoms with Crippen LogP contribution in [0.15, 0.2) is 70.4 Å². The highest BCUT2D eigenvalue weighted by Crippen LogP contribution is 2.43. The van der Waals surface area contributed by atoms with Crippen LogP contribution in [0.2, 0.25) is 0 Å². The number of thioether (sulfide) groups is 1. The van der Waals surface area contributed by atoms with E-state index in [0.29, 0.717) is 13.2 Å². The lowest BCUT2D eigenvalue weighted by molar-refractivity contribution is 0.157. The van der Waals surface area contributed by atoms with Gasteiger partial charge in [0.05, 0.1) is 39.2 Å². The smallest absolute Gasteiger partial charge is 0.165 e. The van der Waals surface area contributed by atoms with Crippen LogP contribution in [0.1, 0.15) is 17.2 Å². The van der Waals surface area contributed by atoms with Gasteiger partial charge in [0.15, 0.2) is 5.17 Å². The number of rotatable bonds is 4. The van der Waals surface area contributed by atoms with E-state index in [1.165, 1.54) is 11.1 Å². The van der Waals surface area contributed by atoms with Crippen LogP contribution in [-0.2, 0) is 4.74 Å². The molecule has 0 N–H and O–H groups in total. The van der Waals surface area contributed by atoms with E-state index >= 15 is 0 Å².